The van der Waals surface area contributed by atoms with Gasteiger partial charge in [-0.3, -0.25) is 0 Å². The molecule has 1 N–H and O–H groups in total. The van der Waals surface area contributed by atoms with Crippen LogP contribution >= 0.6 is 0 Å². The molecule has 0 spiro atoms. The Balaban J connectivity index is 2.27. The maximum atomic E-state index is 5.89. The van der Waals surface area contributed by atoms with E-state index in [1.165, 1.54) is 0 Å². The maximum Gasteiger partial charge on any atom is 0.195 e. The Morgan fingerprint density at radius 3 is 2.56 bits per heavy atom. The number of hydrogen-bond acceptors (Lipinski definition) is 4. The second-order valence-electron chi connectivity index (χ2n) is 4.76. The summed E-state index contributed by atoms with van der Waals surface area (Å²) >= 11 is 0. The van der Waals surface area contributed by atoms with Crippen molar-refractivity contribution in [2.75, 3.05) is 27.4 Å². The maximum absolute atomic E-state index is 5.89. The summed E-state index contributed by atoms with van der Waals surface area (Å²) in [6, 6.07) is 6.27. The molecule has 0 aliphatic carbocycles. The van der Waals surface area contributed by atoms with E-state index < -0.39 is 5.79 Å². The molecule has 1 aromatic rings. The second-order valence-corrected chi connectivity index (χ2v) is 4.76. The highest BCUT2D eigenvalue weighted by Crippen LogP contribution is 2.36. The average Bonchev–Trinajstić information content (AvgIpc) is 2.39. The van der Waals surface area contributed by atoms with Crippen LogP contribution in [-0.2, 0) is 15.3 Å². The fourth-order valence-corrected chi connectivity index (χ4v) is 2.11. The highest BCUT2D eigenvalue weighted by molar-refractivity contribution is 5.39. The van der Waals surface area contributed by atoms with E-state index in [0.29, 0.717) is 13.2 Å². The Kier molecular flexibility index (Phi) is 3.90. The smallest absolute Gasteiger partial charge is 0.195 e. The first-order chi connectivity index (χ1) is 8.59. The molecule has 18 heavy (non-hydrogen) atoms. The van der Waals surface area contributed by atoms with E-state index in [9.17, 15) is 0 Å². The van der Waals surface area contributed by atoms with Crippen molar-refractivity contribution >= 4 is 0 Å². The summed E-state index contributed by atoms with van der Waals surface area (Å²) in [5.74, 6) is 0.0658. The fourth-order valence-electron chi connectivity index (χ4n) is 2.11. The molecule has 4 heteroatoms. The van der Waals surface area contributed by atoms with E-state index in [4.69, 9.17) is 14.2 Å². The monoisotopic (exact) mass is 251 g/mol. The molecule has 0 unspecified atom stereocenters. The van der Waals surface area contributed by atoms with Gasteiger partial charge in [0.25, 0.3) is 0 Å². The van der Waals surface area contributed by atoms with Crippen LogP contribution in [0.5, 0.6) is 5.75 Å². The molecular weight excluding hydrogens is 230 g/mol. The van der Waals surface area contributed by atoms with Crippen molar-refractivity contribution in [1.82, 2.24) is 5.32 Å². The van der Waals surface area contributed by atoms with Crippen LogP contribution in [0, 0.1) is 6.92 Å². The zero-order valence-electron chi connectivity index (χ0n) is 11.4. The molecule has 0 bridgehead atoms. The predicted molar refractivity (Wildman–Crippen MR) is 69.8 cm³/mol. The zero-order valence-corrected chi connectivity index (χ0v) is 11.4. The van der Waals surface area contributed by atoms with E-state index >= 15 is 0 Å². The topological polar surface area (TPSA) is 39.7 Å². The summed E-state index contributed by atoms with van der Waals surface area (Å²) in [7, 11) is 3.57. The molecule has 2 rings (SSSR count). The summed E-state index contributed by atoms with van der Waals surface area (Å²) in [4.78, 5) is 0. The van der Waals surface area contributed by atoms with Crippen LogP contribution in [0.15, 0.2) is 18.2 Å². The Hall–Kier alpha value is -1.10. The number of ether oxygens (including phenoxy) is 3. The largest absolute Gasteiger partial charge is 0.496 e. The first-order valence-corrected chi connectivity index (χ1v) is 6.19. The van der Waals surface area contributed by atoms with Crippen LogP contribution in [0.1, 0.15) is 18.1 Å². The van der Waals surface area contributed by atoms with E-state index in [1.807, 2.05) is 33.0 Å². The normalized spacial score (nSPS) is 28.1. The van der Waals surface area contributed by atoms with E-state index in [-0.39, 0.29) is 6.04 Å². The average molecular weight is 251 g/mol. The lowest BCUT2D eigenvalue weighted by Crippen LogP contribution is -2.47. The SMILES string of the molecule is CNC1COC(C)(c2cc(C)ccc2OC)OC1. The van der Waals surface area contributed by atoms with Crippen molar-refractivity contribution in [2.24, 2.45) is 0 Å². The Labute approximate surface area is 108 Å². The second kappa shape index (κ2) is 5.26. The van der Waals surface area contributed by atoms with Gasteiger partial charge in [-0.25, -0.2) is 0 Å². The van der Waals surface area contributed by atoms with E-state index in [1.54, 1.807) is 7.11 Å². The molecule has 100 valence electrons. The highest BCUT2D eigenvalue weighted by atomic mass is 16.7. The quantitative estimate of drug-likeness (QED) is 0.889. The van der Waals surface area contributed by atoms with Crippen molar-refractivity contribution < 1.29 is 14.2 Å². The van der Waals surface area contributed by atoms with Gasteiger partial charge in [0.05, 0.1) is 31.9 Å². The Morgan fingerprint density at radius 2 is 2.00 bits per heavy atom. The van der Waals surface area contributed by atoms with Gasteiger partial charge < -0.3 is 19.5 Å². The third kappa shape index (κ3) is 2.51. The van der Waals surface area contributed by atoms with Crippen molar-refractivity contribution in [3.8, 4) is 5.75 Å². The third-order valence-corrected chi connectivity index (χ3v) is 3.37. The minimum Gasteiger partial charge on any atom is -0.496 e. The van der Waals surface area contributed by atoms with Crippen LogP contribution in [0.25, 0.3) is 0 Å². The summed E-state index contributed by atoms with van der Waals surface area (Å²) in [6.45, 7) is 5.25. The van der Waals surface area contributed by atoms with Gasteiger partial charge in [-0.15, -0.1) is 0 Å². The van der Waals surface area contributed by atoms with Gasteiger partial charge in [0.2, 0.25) is 0 Å². The molecular formula is C14H21NO3. The van der Waals surface area contributed by atoms with Gasteiger partial charge >= 0.3 is 0 Å². The fraction of sp³-hybridized carbons (Fsp3) is 0.571. The summed E-state index contributed by atoms with van der Waals surface area (Å²) < 4.78 is 17.2. The van der Waals surface area contributed by atoms with Crippen molar-refractivity contribution in [2.45, 2.75) is 25.7 Å². The van der Waals surface area contributed by atoms with Crippen LogP contribution in [-0.4, -0.2) is 33.4 Å². The van der Waals surface area contributed by atoms with Gasteiger partial charge in [0, 0.05) is 0 Å². The van der Waals surface area contributed by atoms with Gasteiger partial charge in [-0.2, -0.15) is 0 Å². The Morgan fingerprint density at radius 1 is 1.33 bits per heavy atom. The number of benzene rings is 1. The molecule has 1 heterocycles. The number of rotatable bonds is 3. The molecule has 0 aromatic heterocycles. The van der Waals surface area contributed by atoms with Crippen molar-refractivity contribution in [3.63, 3.8) is 0 Å². The molecule has 0 amide bonds. The van der Waals surface area contributed by atoms with Crippen molar-refractivity contribution in [1.29, 1.82) is 0 Å². The molecule has 0 atom stereocenters. The molecule has 4 nitrogen and oxygen atoms in total. The zero-order chi connectivity index (χ0) is 13.2. The minimum atomic E-state index is -0.731. The van der Waals surface area contributed by atoms with E-state index in [0.717, 1.165) is 16.9 Å². The lowest BCUT2D eigenvalue weighted by atomic mass is 10.0. The third-order valence-electron chi connectivity index (χ3n) is 3.37. The number of methoxy groups -OCH3 is 1. The van der Waals surface area contributed by atoms with Gasteiger partial charge in [-0.05, 0) is 33.0 Å². The van der Waals surface area contributed by atoms with Crippen LogP contribution in [0.3, 0.4) is 0 Å². The predicted octanol–water partition coefficient (Wildman–Crippen LogP) is 1.81. The van der Waals surface area contributed by atoms with Crippen LogP contribution in [0.4, 0.5) is 0 Å². The highest BCUT2D eigenvalue weighted by Gasteiger charge is 2.36. The lowest BCUT2D eigenvalue weighted by Gasteiger charge is -2.38. The summed E-state index contributed by atoms with van der Waals surface area (Å²) in [5.41, 5.74) is 2.11. The molecule has 0 saturated carbocycles. The number of hydrogen-bond donors (Lipinski definition) is 1. The number of aryl methyl sites for hydroxylation is 1. The number of likely N-dealkylation sites (N-methyl/N-ethyl adjacent to an activating group) is 1. The molecule has 1 aliphatic heterocycles. The first kappa shape index (κ1) is 13.3. The number of nitrogens with one attached hydrogen (secondary N) is 1. The molecule has 1 aromatic carbocycles. The summed E-state index contributed by atoms with van der Waals surface area (Å²) in [6.07, 6.45) is 0. The summed E-state index contributed by atoms with van der Waals surface area (Å²) in [5, 5.41) is 3.15. The minimum absolute atomic E-state index is 0.244. The van der Waals surface area contributed by atoms with Crippen molar-refractivity contribution in [3.05, 3.63) is 29.3 Å². The molecule has 1 aliphatic rings. The van der Waals surface area contributed by atoms with Gasteiger partial charge in [0.1, 0.15) is 5.75 Å². The molecule has 1 saturated heterocycles. The molecule has 1 fully saturated rings. The lowest BCUT2D eigenvalue weighted by molar-refractivity contribution is -0.273. The molecule has 0 radical (unpaired) electrons. The Bertz CT molecular complexity index is 412. The van der Waals surface area contributed by atoms with Crippen LogP contribution in [0.2, 0.25) is 0 Å². The van der Waals surface area contributed by atoms with Gasteiger partial charge in [-0.1, -0.05) is 11.6 Å². The first-order valence-electron chi connectivity index (χ1n) is 6.19. The van der Waals surface area contributed by atoms with Gasteiger partial charge in [0.15, 0.2) is 5.79 Å². The van der Waals surface area contributed by atoms with E-state index in [2.05, 4.69) is 11.4 Å². The van der Waals surface area contributed by atoms with Crippen LogP contribution < -0.4 is 10.1 Å². The standard InChI is InChI=1S/C14H21NO3/c1-10-5-6-13(16-4)12(7-10)14(2)17-8-11(15-3)9-18-14/h5-7,11,15H,8-9H2,1-4H3.